The molecular formula is C13H20ClN3O2S. The quantitative estimate of drug-likeness (QED) is 0.798. The summed E-state index contributed by atoms with van der Waals surface area (Å²) in [4.78, 5) is 6.25. The summed E-state index contributed by atoms with van der Waals surface area (Å²) in [5.74, 6) is 0. The van der Waals surface area contributed by atoms with Gasteiger partial charge in [-0.05, 0) is 38.6 Å². The van der Waals surface area contributed by atoms with Crippen LogP contribution in [0.15, 0.2) is 23.2 Å². The van der Waals surface area contributed by atoms with Crippen LogP contribution in [-0.2, 0) is 10.0 Å². The highest BCUT2D eigenvalue weighted by atomic mass is 35.5. The molecule has 0 aliphatic carbocycles. The van der Waals surface area contributed by atoms with E-state index >= 15 is 0 Å². The monoisotopic (exact) mass is 317 g/mol. The predicted octanol–water partition coefficient (Wildman–Crippen LogP) is 1.84. The van der Waals surface area contributed by atoms with E-state index in [0.29, 0.717) is 6.54 Å². The summed E-state index contributed by atoms with van der Waals surface area (Å²) in [6, 6.07) is 2.92. The van der Waals surface area contributed by atoms with Crippen LogP contribution in [0.4, 0.5) is 0 Å². The zero-order chi connectivity index (χ0) is 14.8. The van der Waals surface area contributed by atoms with E-state index in [0.717, 1.165) is 25.9 Å². The van der Waals surface area contributed by atoms with E-state index in [4.69, 9.17) is 11.6 Å². The fraction of sp³-hybridized carbons (Fsp3) is 0.615. The van der Waals surface area contributed by atoms with Crippen molar-refractivity contribution in [1.29, 1.82) is 0 Å². The third kappa shape index (κ3) is 3.31. The Balaban J connectivity index is 2.36. The Bertz CT molecular complexity index is 564. The maximum Gasteiger partial charge on any atom is 0.243 e. The van der Waals surface area contributed by atoms with Crippen LogP contribution in [0, 0.1) is 0 Å². The number of rotatable bonds is 3. The highest BCUT2D eigenvalue weighted by Gasteiger charge is 2.32. The summed E-state index contributed by atoms with van der Waals surface area (Å²) in [5, 5.41) is 0.200. The molecule has 1 saturated heterocycles. The lowest BCUT2D eigenvalue weighted by Gasteiger charge is -2.29. The number of likely N-dealkylation sites (N-methyl/N-ethyl adjacent to an activating group) is 1. The second kappa shape index (κ2) is 6.39. The van der Waals surface area contributed by atoms with Crippen LogP contribution in [0.2, 0.25) is 5.15 Å². The third-order valence-corrected chi connectivity index (χ3v) is 5.78. The van der Waals surface area contributed by atoms with Gasteiger partial charge < -0.3 is 4.90 Å². The molecule has 1 aromatic heterocycles. The van der Waals surface area contributed by atoms with Gasteiger partial charge in [0, 0.05) is 25.3 Å². The van der Waals surface area contributed by atoms with Crippen LogP contribution < -0.4 is 0 Å². The molecule has 1 atom stereocenters. The standard InChI is InChI=1S/C13H20ClN3O2S/c1-3-11-10-16(2)7-4-8-17(11)20(18,19)12-5-6-15-13(14)9-12/h5-6,9,11H,3-4,7-8,10H2,1-2H3. The summed E-state index contributed by atoms with van der Waals surface area (Å²) in [5.41, 5.74) is 0. The summed E-state index contributed by atoms with van der Waals surface area (Å²) in [6.07, 6.45) is 3.06. The third-order valence-electron chi connectivity index (χ3n) is 3.62. The molecule has 7 heteroatoms. The van der Waals surface area contributed by atoms with E-state index in [1.165, 1.54) is 18.3 Å². The van der Waals surface area contributed by atoms with Gasteiger partial charge in [0.2, 0.25) is 10.0 Å². The first-order chi connectivity index (χ1) is 9.45. The van der Waals surface area contributed by atoms with Crippen molar-refractivity contribution >= 4 is 21.6 Å². The summed E-state index contributed by atoms with van der Waals surface area (Å²) in [6.45, 7) is 4.24. The molecule has 2 heterocycles. The van der Waals surface area contributed by atoms with Gasteiger partial charge in [0.1, 0.15) is 5.15 Å². The number of nitrogens with zero attached hydrogens (tertiary/aromatic N) is 3. The van der Waals surface area contributed by atoms with Gasteiger partial charge in [-0.15, -0.1) is 0 Å². The Morgan fingerprint density at radius 1 is 1.45 bits per heavy atom. The van der Waals surface area contributed by atoms with Gasteiger partial charge >= 0.3 is 0 Å². The molecule has 0 aromatic carbocycles. The highest BCUT2D eigenvalue weighted by molar-refractivity contribution is 7.89. The van der Waals surface area contributed by atoms with Crippen molar-refractivity contribution in [3.05, 3.63) is 23.5 Å². The Morgan fingerprint density at radius 3 is 2.85 bits per heavy atom. The van der Waals surface area contributed by atoms with Crippen molar-refractivity contribution in [3.63, 3.8) is 0 Å². The number of hydrogen-bond donors (Lipinski definition) is 0. The van der Waals surface area contributed by atoms with E-state index in [1.807, 2.05) is 14.0 Å². The topological polar surface area (TPSA) is 53.5 Å². The first-order valence-electron chi connectivity index (χ1n) is 6.77. The number of halogens is 1. The van der Waals surface area contributed by atoms with E-state index in [-0.39, 0.29) is 16.1 Å². The largest absolute Gasteiger partial charge is 0.305 e. The lowest BCUT2D eigenvalue weighted by molar-refractivity contribution is 0.270. The van der Waals surface area contributed by atoms with Crippen molar-refractivity contribution in [1.82, 2.24) is 14.2 Å². The van der Waals surface area contributed by atoms with Crippen molar-refractivity contribution in [3.8, 4) is 0 Å². The van der Waals surface area contributed by atoms with Crippen molar-refractivity contribution in [2.45, 2.75) is 30.7 Å². The van der Waals surface area contributed by atoms with Crippen LogP contribution in [0.1, 0.15) is 19.8 Å². The molecular weight excluding hydrogens is 298 g/mol. The lowest BCUT2D eigenvalue weighted by atomic mass is 10.2. The molecule has 20 heavy (non-hydrogen) atoms. The molecule has 1 aromatic rings. The molecule has 1 aliphatic heterocycles. The number of hydrogen-bond acceptors (Lipinski definition) is 4. The highest BCUT2D eigenvalue weighted by Crippen LogP contribution is 2.23. The van der Waals surface area contributed by atoms with Gasteiger partial charge in [0.15, 0.2) is 0 Å². The van der Waals surface area contributed by atoms with Crippen molar-refractivity contribution < 1.29 is 8.42 Å². The molecule has 2 rings (SSSR count). The van der Waals surface area contributed by atoms with Crippen LogP contribution in [-0.4, -0.2) is 55.3 Å². The molecule has 1 unspecified atom stereocenters. The summed E-state index contributed by atoms with van der Waals surface area (Å²) < 4.78 is 27.2. The van der Waals surface area contributed by atoms with Gasteiger partial charge in [-0.2, -0.15) is 4.31 Å². The minimum atomic E-state index is -3.51. The average molecular weight is 318 g/mol. The molecule has 1 aliphatic rings. The normalized spacial score (nSPS) is 22.6. The summed E-state index contributed by atoms with van der Waals surface area (Å²) in [7, 11) is -1.48. The Kier molecular flexibility index (Phi) is 5.01. The molecule has 5 nitrogen and oxygen atoms in total. The maximum atomic E-state index is 12.8. The first-order valence-corrected chi connectivity index (χ1v) is 8.59. The zero-order valence-electron chi connectivity index (χ0n) is 11.8. The molecule has 0 N–H and O–H groups in total. The minimum Gasteiger partial charge on any atom is -0.305 e. The Hall–Kier alpha value is -0.690. The van der Waals surface area contributed by atoms with E-state index in [9.17, 15) is 8.42 Å². The first kappa shape index (κ1) is 15.7. The molecule has 0 saturated carbocycles. The van der Waals surface area contributed by atoms with Crippen LogP contribution in [0.5, 0.6) is 0 Å². The average Bonchev–Trinajstić information content (AvgIpc) is 2.60. The SMILES string of the molecule is CCC1CN(C)CCCN1S(=O)(=O)c1ccnc(Cl)c1. The van der Waals surface area contributed by atoms with E-state index < -0.39 is 10.0 Å². The molecule has 0 radical (unpaired) electrons. The molecule has 112 valence electrons. The second-order valence-electron chi connectivity index (χ2n) is 5.11. The number of aromatic nitrogens is 1. The van der Waals surface area contributed by atoms with Crippen LogP contribution in [0.3, 0.4) is 0 Å². The van der Waals surface area contributed by atoms with E-state index in [1.54, 1.807) is 4.31 Å². The fourth-order valence-electron chi connectivity index (χ4n) is 2.55. The van der Waals surface area contributed by atoms with Crippen LogP contribution in [0.25, 0.3) is 0 Å². The van der Waals surface area contributed by atoms with Crippen LogP contribution >= 0.6 is 11.6 Å². The van der Waals surface area contributed by atoms with Gasteiger partial charge in [-0.3, -0.25) is 0 Å². The van der Waals surface area contributed by atoms with E-state index in [2.05, 4.69) is 9.88 Å². The lowest BCUT2D eigenvalue weighted by Crippen LogP contribution is -2.43. The Morgan fingerprint density at radius 2 is 2.20 bits per heavy atom. The maximum absolute atomic E-state index is 12.8. The summed E-state index contributed by atoms with van der Waals surface area (Å²) >= 11 is 5.81. The zero-order valence-corrected chi connectivity index (χ0v) is 13.4. The molecule has 0 spiro atoms. The Labute approximate surface area is 125 Å². The van der Waals surface area contributed by atoms with Gasteiger partial charge in [0.05, 0.1) is 4.90 Å². The fourth-order valence-corrected chi connectivity index (χ4v) is 4.53. The van der Waals surface area contributed by atoms with Crippen molar-refractivity contribution in [2.75, 3.05) is 26.7 Å². The number of sulfonamides is 1. The van der Waals surface area contributed by atoms with Gasteiger partial charge in [-0.25, -0.2) is 13.4 Å². The molecule has 1 fully saturated rings. The minimum absolute atomic E-state index is 0.000518. The molecule has 0 amide bonds. The predicted molar refractivity (Wildman–Crippen MR) is 79.3 cm³/mol. The second-order valence-corrected chi connectivity index (χ2v) is 7.39. The van der Waals surface area contributed by atoms with Gasteiger partial charge in [0.25, 0.3) is 0 Å². The smallest absolute Gasteiger partial charge is 0.243 e. The molecule has 0 bridgehead atoms. The van der Waals surface area contributed by atoms with Crippen molar-refractivity contribution in [2.24, 2.45) is 0 Å². The number of pyridine rings is 1. The van der Waals surface area contributed by atoms with Gasteiger partial charge in [-0.1, -0.05) is 18.5 Å².